The number of nitrogens with zero attached hydrogens (tertiary/aromatic N) is 1. The van der Waals surface area contributed by atoms with Crippen LogP contribution in [0.25, 0.3) is 0 Å². The molecule has 0 saturated heterocycles. The van der Waals surface area contributed by atoms with Gasteiger partial charge in [0.05, 0.1) is 16.1 Å². The molecule has 1 aliphatic heterocycles. The summed E-state index contributed by atoms with van der Waals surface area (Å²) in [6.45, 7) is 0. The highest BCUT2D eigenvalue weighted by atomic mass is 32.2. The fourth-order valence-corrected chi connectivity index (χ4v) is 3.20. The van der Waals surface area contributed by atoms with Gasteiger partial charge in [0.1, 0.15) is 5.82 Å². The number of thiazole rings is 1. The number of nitrogens with one attached hydrogen (secondary N) is 1. The Morgan fingerprint density at radius 3 is 2.89 bits per heavy atom. The molecule has 1 aliphatic rings. The zero-order valence-electron chi connectivity index (χ0n) is 8.77. The third kappa shape index (κ3) is 1.81. The van der Waals surface area contributed by atoms with E-state index in [9.17, 15) is 14.0 Å². The molecule has 7 heteroatoms. The summed E-state index contributed by atoms with van der Waals surface area (Å²) in [5, 5.41) is 4.20. The molecule has 0 atom stereocenters. The molecule has 0 fully saturated rings. The first-order valence-electron chi connectivity index (χ1n) is 4.92. The van der Waals surface area contributed by atoms with Gasteiger partial charge in [0, 0.05) is 11.6 Å². The van der Waals surface area contributed by atoms with Gasteiger partial charge >= 0.3 is 0 Å². The smallest absolute Gasteiger partial charge is 0.296 e. The summed E-state index contributed by atoms with van der Waals surface area (Å²) in [4.78, 5) is 26.9. The molecule has 2 heterocycles. The molecule has 1 N–H and O–H groups in total. The average molecular weight is 280 g/mol. The van der Waals surface area contributed by atoms with Crippen LogP contribution in [-0.2, 0) is 4.79 Å². The lowest BCUT2D eigenvalue weighted by atomic mass is 10.1. The lowest BCUT2D eigenvalue weighted by molar-refractivity contribution is -0.112. The fraction of sp³-hybridized carbons (Fsp3) is 0. The number of anilines is 1. The van der Waals surface area contributed by atoms with Crippen LogP contribution in [0.4, 0.5) is 10.1 Å². The minimum atomic E-state index is -0.721. The Hall–Kier alpha value is -1.73. The van der Waals surface area contributed by atoms with Crippen LogP contribution in [0.15, 0.2) is 32.9 Å². The first-order chi connectivity index (χ1) is 8.65. The SMILES string of the molecule is O=C1Nc2cc(Sc3nccs3)c(F)cc2C1=O. The predicted octanol–water partition coefficient (Wildman–Crippen LogP) is 2.57. The molecule has 0 saturated carbocycles. The van der Waals surface area contributed by atoms with E-state index in [0.29, 0.717) is 14.9 Å². The quantitative estimate of drug-likeness (QED) is 0.859. The van der Waals surface area contributed by atoms with Gasteiger partial charge in [-0.15, -0.1) is 11.3 Å². The zero-order valence-corrected chi connectivity index (χ0v) is 10.4. The van der Waals surface area contributed by atoms with Gasteiger partial charge in [-0.05, 0) is 12.1 Å². The molecule has 0 radical (unpaired) electrons. The van der Waals surface area contributed by atoms with Crippen molar-refractivity contribution in [2.45, 2.75) is 9.24 Å². The minimum Gasteiger partial charge on any atom is -0.318 e. The van der Waals surface area contributed by atoms with E-state index in [4.69, 9.17) is 0 Å². The van der Waals surface area contributed by atoms with Crippen molar-refractivity contribution in [3.05, 3.63) is 35.1 Å². The lowest BCUT2D eigenvalue weighted by Gasteiger charge is -2.03. The monoisotopic (exact) mass is 280 g/mol. The molecule has 18 heavy (non-hydrogen) atoms. The Morgan fingerprint density at radius 1 is 1.33 bits per heavy atom. The van der Waals surface area contributed by atoms with Crippen molar-refractivity contribution in [2.24, 2.45) is 0 Å². The zero-order chi connectivity index (χ0) is 12.7. The molecule has 1 aromatic carbocycles. The molecule has 3 rings (SSSR count). The number of halogens is 1. The van der Waals surface area contributed by atoms with Crippen molar-refractivity contribution >= 4 is 40.5 Å². The van der Waals surface area contributed by atoms with Crippen LogP contribution in [0.5, 0.6) is 0 Å². The molecule has 90 valence electrons. The van der Waals surface area contributed by atoms with E-state index in [1.807, 2.05) is 0 Å². The van der Waals surface area contributed by atoms with E-state index in [0.717, 1.165) is 17.8 Å². The van der Waals surface area contributed by atoms with Gasteiger partial charge in [-0.1, -0.05) is 11.8 Å². The van der Waals surface area contributed by atoms with Gasteiger partial charge in [0.25, 0.3) is 11.7 Å². The van der Waals surface area contributed by atoms with Crippen molar-refractivity contribution in [3.8, 4) is 0 Å². The number of fused-ring (bicyclic) bond motifs is 1. The highest BCUT2D eigenvalue weighted by Gasteiger charge is 2.29. The van der Waals surface area contributed by atoms with Gasteiger partial charge in [0.15, 0.2) is 4.34 Å². The molecule has 0 unspecified atom stereocenters. The summed E-state index contributed by atoms with van der Waals surface area (Å²) < 4.78 is 14.5. The summed E-state index contributed by atoms with van der Waals surface area (Å²) in [6.07, 6.45) is 1.63. The number of Topliss-reactive ketones (excluding diaryl/α,β-unsaturated/α-hetero) is 1. The molecular formula is C11H5FN2O2S2. The third-order valence-electron chi connectivity index (χ3n) is 2.38. The Bertz CT molecular complexity index is 655. The van der Waals surface area contributed by atoms with E-state index < -0.39 is 17.5 Å². The average Bonchev–Trinajstić information content (AvgIpc) is 2.92. The highest BCUT2D eigenvalue weighted by molar-refractivity contribution is 8.01. The number of hydrogen-bond acceptors (Lipinski definition) is 5. The number of benzene rings is 1. The molecule has 2 aromatic rings. The van der Waals surface area contributed by atoms with E-state index in [2.05, 4.69) is 10.3 Å². The van der Waals surface area contributed by atoms with Crippen LogP contribution >= 0.6 is 23.1 Å². The van der Waals surface area contributed by atoms with Crippen molar-refractivity contribution in [2.75, 3.05) is 5.32 Å². The van der Waals surface area contributed by atoms with Crippen molar-refractivity contribution < 1.29 is 14.0 Å². The second-order valence-corrected chi connectivity index (χ2v) is 5.70. The minimum absolute atomic E-state index is 0.0842. The van der Waals surface area contributed by atoms with Gasteiger partial charge in [0.2, 0.25) is 0 Å². The number of carbonyl (C=O) groups excluding carboxylic acids is 2. The fourth-order valence-electron chi connectivity index (χ4n) is 1.58. The number of hydrogen-bond donors (Lipinski definition) is 1. The first kappa shape index (κ1) is 11.4. The standard InChI is InChI=1S/C11H5FN2O2S2/c12-6-3-5-7(14-10(16)9(5)15)4-8(6)18-11-13-1-2-17-11/h1-4H,(H,14,15,16). The maximum atomic E-state index is 13.8. The molecule has 0 bridgehead atoms. The molecular weight excluding hydrogens is 275 g/mol. The van der Waals surface area contributed by atoms with Gasteiger partial charge in [-0.2, -0.15) is 0 Å². The molecule has 4 nitrogen and oxygen atoms in total. The Labute approximate surface area is 109 Å². The highest BCUT2D eigenvalue weighted by Crippen LogP contribution is 2.36. The van der Waals surface area contributed by atoms with Crippen LogP contribution in [0.2, 0.25) is 0 Å². The van der Waals surface area contributed by atoms with Gasteiger partial charge in [-0.25, -0.2) is 9.37 Å². The topological polar surface area (TPSA) is 59.1 Å². The second-order valence-electron chi connectivity index (χ2n) is 3.51. The number of carbonyl (C=O) groups is 2. The summed E-state index contributed by atoms with van der Waals surface area (Å²) >= 11 is 2.55. The number of aromatic nitrogens is 1. The molecule has 0 spiro atoms. The molecule has 1 amide bonds. The van der Waals surface area contributed by atoms with Gasteiger partial charge in [-0.3, -0.25) is 9.59 Å². The largest absolute Gasteiger partial charge is 0.318 e. The Morgan fingerprint density at radius 2 is 2.17 bits per heavy atom. The normalized spacial score (nSPS) is 13.6. The number of rotatable bonds is 2. The molecule has 1 aromatic heterocycles. The lowest BCUT2D eigenvalue weighted by Crippen LogP contribution is -2.12. The van der Waals surface area contributed by atoms with Crippen LogP contribution in [0.3, 0.4) is 0 Å². The molecule has 0 aliphatic carbocycles. The number of ketones is 1. The van der Waals surface area contributed by atoms with Crippen molar-refractivity contribution in [1.29, 1.82) is 0 Å². The van der Waals surface area contributed by atoms with E-state index in [1.165, 1.54) is 17.4 Å². The Balaban J connectivity index is 2.01. The van der Waals surface area contributed by atoms with Crippen molar-refractivity contribution in [1.82, 2.24) is 4.98 Å². The van der Waals surface area contributed by atoms with E-state index in [-0.39, 0.29) is 5.56 Å². The summed E-state index contributed by atoms with van der Waals surface area (Å²) in [7, 11) is 0. The van der Waals surface area contributed by atoms with E-state index in [1.54, 1.807) is 11.6 Å². The predicted molar refractivity (Wildman–Crippen MR) is 65.6 cm³/mol. The first-order valence-corrected chi connectivity index (χ1v) is 6.61. The van der Waals surface area contributed by atoms with Gasteiger partial charge < -0.3 is 5.32 Å². The van der Waals surface area contributed by atoms with Crippen LogP contribution in [0.1, 0.15) is 10.4 Å². The van der Waals surface area contributed by atoms with Crippen molar-refractivity contribution in [3.63, 3.8) is 0 Å². The third-order valence-corrected chi connectivity index (χ3v) is 4.29. The maximum Gasteiger partial charge on any atom is 0.296 e. The van der Waals surface area contributed by atoms with Crippen LogP contribution < -0.4 is 5.32 Å². The van der Waals surface area contributed by atoms with Crippen LogP contribution in [-0.4, -0.2) is 16.7 Å². The number of amides is 1. The second kappa shape index (κ2) is 4.18. The maximum absolute atomic E-state index is 13.8. The summed E-state index contributed by atoms with van der Waals surface area (Å²) in [6, 6.07) is 2.55. The summed E-state index contributed by atoms with van der Waals surface area (Å²) in [5.41, 5.74) is 0.437. The van der Waals surface area contributed by atoms with E-state index >= 15 is 0 Å². The van der Waals surface area contributed by atoms with Crippen LogP contribution in [0, 0.1) is 5.82 Å². The summed E-state index contributed by atoms with van der Waals surface area (Å²) in [5.74, 6) is -1.95. The Kier molecular flexibility index (Phi) is 2.64.